The fraction of sp³-hybridized carbons (Fsp3) is 0.278. The van der Waals surface area contributed by atoms with Crippen LogP contribution in [0, 0.1) is 16.0 Å². The van der Waals surface area contributed by atoms with E-state index >= 15 is 0 Å². The van der Waals surface area contributed by atoms with E-state index in [9.17, 15) is 14.9 Å². The summed E-state index contributed by atoms with van der Waals surface area (Å²) in [5.41, 5.74) is -0.0372. The van der Waals surface area contributed by atoms with Crippen molar-refractivity contribution in [2.24, 2.45) is 5.92 Å². The van der Waals surface area contributed by atoms with Crippen LogP contribution in [0.5, 0.6) is 17.2 Å². The molecule has 0 bridgehead atoms. The Morgan fingerprint density at radius 1 is 1.22 bits per heavy atom. The van der Waals surface area contributed by atoms with Gasteiger partial charge in [-0.15, -0.1) is 12.4 Å². The average Bonchev–Trinajstić information content (AvgIpc) is 2.61. The first-order chi connectivity index (χ1) is 12.6. The Morgan fingerprint density at radius 2 is 1.89 bits per heavy atom. The molecule has 27 heavy (non-hydrogen) atoms. The lowest BCUT2D eigenvalue weighted by Crippen LogP contribution is -2.48. The summed E-state index contributed by atoms with van der Waals surface area (Å²) in [6.45, 7) is 2.21. The molecule has 3 rings (SSSR count). The summed E-state index contributed by atoms with van der Waals surface area (Å²) in [7, 11) is 1.56. The maximum Gasteiger partial charge on any atom is 0.270 e. The van der Waals surface area contributed by atoms with Gasteiger partial charge in [0, 0.05) is 37.7 Å². The van der Waals surface area contributed by atoms with Crippen molar-refractivity contribution in [3.8, 4) is 17.2 Å². The van der Waals surface area contributed by atoms with Crippen molar-refractivity contribution in [1.29, 1.82) is 0 Å². The summed E-state index contributed by atoms with van der Waals surface area (Å²) in [4.78, 5) is 23.0. The number of nitrogens with one attached hydrogen (secondary N) is 2. The molecule has 1 amide bonds. The quantitative estimate of drug-likeness (QED) is 0.554. The van der Waals surface area contributed by atoms with E-state index in [1.807, 2.05) is 0 Å². The second-order valence-electron chi connectivity index (χ2n) is 5.95. The minimum Gasteiger partial charge on any atom is -0.497 e. The SMILES string of the molecule is COc1ccc(Oc2ccc([N+](=O)[O-])cc2C(=O)NCC2CNC2)cc1.Cl. The molecule has 0 unspecified atom stereocenters. The van der Waals surface area contributed by atoms with Crippen molar-refractivity contribution in [2.75, 3.05) is 26.7 Å². The van der Waals surface area contributed by atoms with Crippen LogP contribution in [0.4, 0.5) is 5.69 Å². The van der Waals surface area contributed by atoms with Crippen molar-refractivity contribution in [3.05, 3.63) is 58.1 Å². The number of rotatable bonds is 7. The largest absolute Gasteiger partial charge is 0.497 e. The first-order valence-corrected chi connectivity index (χ1v) is 8.16. The monoisotopic (exact) mass is 393 g/mol. The highest BCUT2D eigenvalue weighted by Gasteiger charge is 2.21. The van der Waals surface area contributed by atoms with Gasteiger partial charge in [-0.1, -0.05) is 0 Å². The third-order valence-electron chi connectivity index (χ3n) is 4.12. The maximum atomic E-state index is 12.5. The zero-order valence-corrected chi connectivity index (χ0v) is 15.5. The third kappa shape index (κ3) is 5.08. The molecule has 2 aromatic rings. The Morgan fingerprint density at radius 3 is 2.44 bits per heavy atom. The van der Waals surface area contributed by atoms with E-state index in [0.717, 1.165) is 13.1 Å². The fourth-order valence-corrected chi connectivity index (χ4v) is 2.49. The number of non-ortho nitro benzene ring substituents is 1. The van der Waals surface area contributed by atoms with Gasteiger partial charge in [-0.2, -0.15) is 0 Å². The Kier molecular flexibility index (Phi) is 6.98. The Balaban J connectivity index is 0.00000261. The van der Waals surface area contributed by atoms with Gasteiger partial charge in [-0.3, -0.25) is 14.9 Å². The van der Waals surface area contributed by atoms with Gasteiger partial charge >= 0.3 is 0 Å². The number of carbonyl (C=O) groups is 1. The normalized spacial score (nSPS) is 13.1. The number of benzene rings is 2. The number of hydrogen-bond acceptors (Lipinski definition) is 6. The van der Waals surface area contributed by atoms with Crippen LogP contribution in [-0.4, -0.2) is 37.6 Å². The molecule has 0 spiro atoms. The van der Waals surface area contributed by atoms with E-state index in [2.05, 4.69) is 10.6 Å². The lowest BCUT2D eigenvalue weighted by molar-refractivity contribution is -0.384. The molecule has 0 radical (unpaired) electrons. The molecule has 1 aliphatic rings. The van der Waals surface area contributed by atoms with E-state index in [-0.39, 0.29) is 29.4 Å². The highest BCUT2D eigenvalue weighted by Crippen LogP contribution is 2.29. The predicted molar refractivity (Wildman–Crippen MR) is 102 cm³/mol. The van der Waals surface area contributed by atoms with E-state index in [1.165, 1.54) is 18.2 Å². The smallest absolute Gasteiger partial charge is 0.270 e. The van der Waals surface area contributed by atoms with E-state index < -0.39 is 10.8 Å². The standard InChI is InChI=1S/C18H19N3O5.ClH/c1-25-14-3-5-15(6-4-14)26-17-7-2-13(21(23)24)8-16(17)18(22)20-11-12-9-19-10-12;/h2-8,12,19H,9-11H2,1H3,(H,20,22);1H. The first kappa shape index (κ1) is 20.5. The average molecular weight is 394 g/mol. The van der Waals surface area contributed by atoms with Crippen LogP contribution in [0.2, 0.25) is 0 Å². The molecule has 0 saturated carbocycles. The molecule has 1 saturated heterocycles. The number of amides is 1. The summed E-state index contributed by atoms with van der Waals surface area (Å²) in [5.74, 6) is 1.41. The minimum absolute atomic E-state index is 0. The van der Waals surface area contributed by atoms with Crippen molar-refractivity contribution in [3.63, 3.8) is 0 Å². The van der Waals surface area contributed by atoms with Crippen molar-refractivity contribution in [1.82, 2.24) is 10.6 Å². The van der Waals surface area contributed by atoms with Gasteiger partial charge in [0.05, 0.1) is 17.6 Å². The molecule has 0 aromatic heterocycles. The van der Waals surface area contributed by atoms with Crippen molar-refractivity contribution >= 4 is 24.0 Å². The minimum atomic E-state index is -0.538. The molecule has 0 aliphatic carbocycles. The molecule has 1 aliphatic heterocycles. The molecule has 8 nitrogen and oxygen atoms in total. The van der Waals surface area contributed by atoms with Crippen molar-refractivity contribution < 1.29 is 19.2 Å². The highest BCUT2D eigenvalue weighted by atomic mass is 35.5. The first-order valence-electron chi connectivity index (χ1n) is 8.16. The predicted octanol–water partition coefficient (Wildman–Crippen LogP) is 2.77. The molecule has 144 valence electrons. The zero-order valence-electron chi connectivity index (χ0n) is 14.6. The lowest BCUT2D eigenvalue weighted by atomic mass is 10.0. The van der Waals surface area contributed by atoms with E-state index in [1.54, 1.807) is 31.4 Å². The van der Waals surface area contributed by atoms with Gasteiger partial charge in [0.1, 0.15) is 17.2 Å². The maximum absolute atomic E-state index is 12.5. The van der Waals surface area contributed by atoms with E-state index in [0.29, 0.717) is 24.0 Å². The van der Waals surface area contributed by atoms with Crippen LogP contribution in [0.25, 0.3) is 0 Å². The number of halogens is 1. The Labute approximate surface area is 162 Å². The van der Waals surface area contributed by atoms with Gasteiger partial charge < -0.3 is 20.1 Å². The van der Waals surface area contributed by atoms with Crippen LogP contribution in [-0.2, 0) is 0 Å². The molecule has 1 heterocycles. The summed E-state index contributed by atoms with van der Waals surface area (Å²) in [5, 5.41) is 17.0. The topological polar surface area (TPSA) is 103 Å². The van der Waals surface area contributed by atoms with Crippen LogP contribution in [0.3, 0.4) is 0 Å². The fourth-order valence-electron chi connectivity index (χ4n) is 2.49. The highest BCUT2D eigenvalue weighted by molar-refractivity contribution is 5.97. The Hall–Kier alpha value is -2.84. The number of carbonyl (C=O) groups excluding carboxylic acids is 1. The number of methoxy groups -OCH3 is 1. The number of nitro benzene ring substituents is 1. The molecule has 9 heteroatoms. The molecule has 0 atom stereocenters. The van der Waals surface area contributed by atoms with Crippen LogP contribution in [0.1, 0.15) is 10.4 Å². The summed E-state index contributed by atoms with van der Waals surface area (Å²) < 4.78 is 10.9. The molecule has 2 aromatic carbocycles. The molecule has 1 fully saturated rings. The number of nitro groups is 1. The molecular weight excluding hydrogens is 374 g/mol. The number of ether oxygens (including phenoxy) is 2. The van der Waals surface area contributed by atoms with Crippen LogP contribution < -0.4 is 20.1 Å². The van der Waals surface area contributed by atoms with E-state index in [4.69, 9.17) is 9.47 Å². The van der Waals surface area contributed by atoms with Crippen LogP contribution >= 0.6 is 12.4 Å². The van der Waals surface area contributed by atoms with Gasteiger partial charge in [0.15, 0.2) is 0 Å². The number of hydrogen-bond donors (Lipinski definition) is 2. The summed E-state index contributed by atoms with van der Waals surface area (Å²) >= 11 is 0. The second kappa shape index (κ2) is 9.20. The van der Waals surface area contributed by atoms with Gasteiger partial charge in [0.25, 0.3) is 11.6 Å². The molecular formula is C18H20ClN3O5. The zero-order chi connectivity index (χ0) is 18.5. The van der Waals surface area contributed by atoms with Crippen molar-refractivity contribution in [2.45, 2.75) is 0 Å². The van der Waals surface area contributed by atoms with Gasteiger partial charge in [-0.05, 0) is 30.3 Å². The summed E-state index contributed by atoms with van der Waals surface area (Å²) in [6.07, 6.45) is 0. The Bertz CT molecular complexity index is 809. The van der Waals surface area contributed by atoms with Gasteiger partial charge in [-0.25, -0.2) is 0 Å². The number of nitrogens with zero attached hydrogens (tertiary/aromatic N) is 1. The molecule has 2 N–H and O–H groups in total. The second-order valence-corrected chi connectivity index (χ2v) is 5.95. The summed E-state index contributed by atoms with van der Waals surface area (Å²) in [6, 6.07) is 10.8. The van der Waals surface area contributed by atoms with Crippen LogP contribution in [0.15, 0.2) is 42.5 Å². The lowest BCUT2D eigenvalue weighted by Gasteiger charge is -2.27. The van der Waals surface area contributed by atoms with Gasteiger partial charge in [0.2, 0.25) is 0 Å². The third-order valence-corrected chi connectivity index (χ3v) is 4.12.